The number of rotatable bonds is 4. The van der Waals surface area contributed by atoms with Gasteiger partial charge in [-0.05, 0) is 69.5 Å². The molecule has 1 fully saturated rings. The predicted molar refractivity (Wildman–Crippen MR) is 106 cm³/mol. The van der Waals surface area contributed by atoms with Crippen LogP contribution < -0.4 is 10.1 Å². The molecule has 142 valence electrons. The zero-order valence-corrected chi connectivity index (χ0v) is 16.1. The molecule has 0 bridgehead atoms. The molecule has 27 heavy (non-hydrogen) atoms. The number of piperidine rings is 1. The summed E-state index contributed by atoms with van der Waals surface area (Å²) in [5.41, 5.74) is 1.75. The summed E-state index contributed by atoms with van der Waals surface area (Å²) in [6, 6.07) is 14.7. The summed E-state index contributed by atoms with van der Waals surface area (Å²) in [6.45, 7) is 4.21. The van der Waals surface area contributed by atoms with E-state index in [4.69, 9.17) is 4.74 Å². The van der Waals surface area contributed by atoms with Crippen LogP contribution in [-0.4, -0.2) is 35.9 Å². The summed E-state index contributed by atoms with van der Waals surface area (Å²) in [6.07, 6.45) is 3.26. The van der Waals surface area contributed by atoms with Gasteiger partial charge in [-0.15, -0.1) is 0 Å². The van der Waals surface area contributed by atoms with Gasteiger partial charge in [0.05, 0.1) is 12.7 Å². The number of amides is 2. The highest BCUT2D eigenvalue weighted by Gasteiger charge is 2.29. The van der Waals surface area contributed by atoms with E-state index < -0.39 is 0 Å². The SMILES string of the molecule is COc1ccccc1C(=O)Nc1ccc(C(=O)N2[C@@H](C)CCC[C@@H]2C)cc1. The van der Waals surface area contributed by atoms with Crippen LogP contribution in [0, 0.1) is 0 Å². The largest absolute Gasteiger partial charge is 0.496 e. The number of hydrogen-bond donors (Lipinski definition) is 1. The lowest BCUT2D eigenvalue weighted by atomic mass is 9.96. The zero-order valence-electron chi connectivity index (χ0n) is 16.1. The van der Waals surface area contributed by atoms with Crippen molar-refractivity contribution < 1.29 is 14.3 Å². The minimum atomic E-state index is -0.246. The van der Waals surface area contributed by atoms with Crippen molar-refractivity contribution in [2.24, 2.45) is 0 Å². The van der Waals surface area contributed by atoms with Crippen molar-refractivity contribution >= 4 is 17.5 Å². The van der Waals surface area contributed by atoms with E-state index >= 15 is 0 Å². The van der Waals surface area contributed by atoms with Gasteiger partial charge < -0.3 is 15.0 Å². The van der Waals surface area contributed by atoms with Gasteiger partial charge in [0.15, 0.2) is 0 Å². The molecule has 3 rings (SSSR count). The van der Waals surface area contributed by atoms with Crippen LogP contribution in [0.4, 0.5) is 5.69 Å². The Labute approximate surface area is 160 Å². The Bertz CT molecular complexity index is 807. The van der Waals surface area contributed by atoms with E-state index in [1.807, 2.05) is 11.0 Å². The van der Waals surface area contributed by atoms with Crippen molar-refractivity contribution in [3.8, 4) is 5.75 Å². The Morgan fingerprint density at radius 1 is 1.00 bits per heavy atom. The Morgan fingerprint density at radius 3 is 2.26 bits per heavy atom. The summed E-state index contributed by atoms with van der Waals surface area (Å²) in [4.78, 5) is 27.3. The van der Waals surface area contributed by atoms with Crippen LogP contribution in [0.1, 0.15) is 53.8 Å². The standard InChI is InChI=1S/C22H26N2O3/c1-15-7-6-8-16(2)24(15)22(26)17-11-13-18(14-12-17)23-21(25)19-9-4-5-10-20(19)27-3/h4-5,9-16H,6-8H2,1-3H3,(H,23,25)/t15-,16-/m0/s1. The van der Waals surface area contributed by atoms with Gasteiger partial charge in [0.25, 0.3) is 11.8 Å². The summed E-state index contributed by atoms with van der Waals surface area (Å²) in [5.74, 6) is 0.331. The van der Waals surface area contributed by atoms with Crippen LogP contribution in [0.3, 0.4) is 0 Å². The van der Waals surface area contributed by atoms with E-state index in [0.717, 1.165) is 12.8 Å². The third-order valence-corrected chi connectivity index (χ3v) is 5.17. The number of benzene rings is 2. The Balaban J connectivity index is 1.72. The highest BCUT2D eigenvalue weighted by molar-refractivity contribution is 6.06. The van der Waals surface area contributed by atoms with Gasteiger partial charge in [0.2, 0.25) is 0 Å². The number of methoxy groups -OCH3 is 1. The fourth-order valence-electron chi connectivity index (χ4n) is 3.70. The predicted octanol–water partition coefficient (Wildman–Crippen LogP) is 4.35. The average molecular weight is 366 g/mol. The topological polar surface area (TPSA) is 58.6 Å². The second-order valence-corrected chi connectivity index (χ2v) is 7.07. The Morgan fingerprint density at radius 2 is 1.63 bits per heavy atom. The molecule has 2 aromatic rings. The van der Waals surface area contributed by atoms with Gasteiger partial charge in [0, 0.05) is 23.3 Å². The molecule has 1 saturated heterocycles. The highest BCUT2D eigenvalue weighted by atomic mass is 16.5. The minimum Gasteiger partial charge on any atom is -0.496 e. The maximum Gasteiger partial charge on any atom is 0.259 e. The summed E-state index contributed by atoms with van der Waals surface area (Å²) in [5, 5.41) is 2.85. The molecule has 0 unspecified atom stereocenters. The van der Waals surface area contributed by atoms with Gasteiger partial charge in [-0.1, -0.05) is 12.1 Å². The normalized spacial score (nSPS) is 19.4. The second kappa shape index (κ2) is 8.25. The summed E-state index contributed by atoms with van der Waals surface area (Å²) in [7, 11) is 1.54. The lowest BCUT2D eigenvalue weighted by Crippen LogP contribution is -2.47. The Kier molecular flexibility index (Phi) is 5.79. The Hall–Kier alpha value is -2.82. The lowest BCUT2D eigenvalue weighted by molar-refractivity contribution is 0.0510. The second-order valence-electron chi connectivity index (χ2n) is 7.07. The molecule has 1 N–H and O–H groups in total. The van der Waals surface area contributed by atoms with Crippen LogP contribution in [-0.2, 0) is 0 Å². The number of para-hydroxylation sites is 1. The smallest absolute Gasteiger partial charge is 0.259 e. The van der Waals surface area contributed by atoms with Crippen LogP contribution in [0.2, 0.25) is 0 Å². The van der Waals surface area contributed by atoms with Crippen LogP contribution >= 0.6 is 0 Å². The molecule has 5 heteroatoms. The third-order valence-electron chi connectivity index (χ3n) is 5.17. The number of nitrogens with one attached hydrogen (secondary N) is 1. The quantitative estimate of drug-likeness (QED) is 0.875. The first kappa shape index (κ1) is 19.0. The monoisotopic (exact) mass is 366 g/mol. The number of hydrogen-bond acceptors (Lipinski definition) is 3. The first-order valence-electron chi connectivity index (χ1n) is 9.38. The van der Waals surface area contributed by atoms with E-state index in [1.54, 1.807) is 42.5 Å². The fourth-order valence-corrected chi connectivity index (χ4v) is 3.70. The number of carbonyl (C=O) groups is 2. The minimum absolute atomic E-state index is 0.0531. The molecule has 0 aliphatic carbocycles. The van der Waals surface area contributed by atoms with Crippen molar-refractivity contribution in [1.29, 1.82) is 0 Å². The van der Waals surface area contributed by atoms with Crippen LogP contribution in [0.25, 0.3) is 0 Å². The first-order chi connectivity index (χ1) is 13.0. The molecule has 5 nitrogen and oxygen atoms in total. The van der Waals surface area contributed by atoms with E-state index in [9.17, 15) is 9.59 Å². The van der Waals surface area contributed by atoms with Crippen molar-refractivity contribution in [1.82, 2.24) is 4.90 Å². The van der Waals surface area contributed by atoms with Crippen LogP contribution in [0.15, 0.2) is 48.5 Å². The molecule has 2 aromatic carbocycles. The van der Waals surface area contributed by atoms with Crippen molar-refractivity contribution in [3.05, 3.63) is 59.7 Å². The molecular formula is C22H26N2O3. The average Bonchev–Trinajstić information content (AvgIpc) is 2.68. The fraction of sp³-hybridized carbons (Fsp3) is 0.364. The molecule has 2 atom stereocenters. The van der Waals surface area contributed by atoms with E-state index in [-0.39, 0.29) is 23.9 Å². The highest BCUT2D eigenvalue weighted by Crippen LogP contribution is 2.25. The van der Waals surface area contributed by atoms with Crippen LogP contribution in [0.5, 0.6) is 5.75 Å². The number of nitrogens with zero attached hydrogens (tertiary/aromatic N) is 1. The number of likely N-dealkylation sites (tertiary alicyclic amines) is 1. The molecule has 2 amide bonds. The van der Waals surface area contributed by atoms with Gasteiger partial charge in [-0.2, -0.15) is 0 Å². The molecule has 1 aliphatic rings. The molecule has 0 spiro atoms. The molecule has 0 aromatic heterocycles. The molecule has 0 saturated carbocycles. The maximum absolute atomic E-state index is 12.9. The van der Waals surface area contributed by atoms with E-state index in [2.05, 4.69) is 19.2 Å². The van der Waals surface area contributed by atoms with Crippen molar-refractivity contribution in [2.45, 2.75) is 45.2 Å². The van der Waals surface area contributed by atoms with Gasteiger partial charge >= 0.3 is 0 Å². The summed E-state index contributed by atoms with van der Waals surface area (Å²) < 4.78 is 5.23. The van der Waals surface area contributed by atoms with E-state index in [0.29, 0.717) is 22.6 Å². The van der Waals surface area contributed by atoms with Crippen molar-refractivity contribution in [3.63, 3.8) is 0 Å². The maximum atomic E-state index is 12.9. The lowest BCUT2D eigenvalue weighted by Gasteiger charge is -2.39. The molecule has 1 heterocycles. The third kappa shape index (κ3) is 4.13. The molecular weight excluding hydrogens is 340 g/mol. The van der Waals surface area contributed by atoms with Gasteiger partial charge in [-0.25, -0.2) is 0 Å². The van der Waals surface area contributed by atoms with Gasteiger partial charge in [-0.3, -0.25) is 9.59 Å². The van der Waals surface area contributed by atoms with Crippen molar-refractivity contribution in [2.75, 3.05) is 12.4 Å². The summed E-state index contributed by atoms with van der Waals surface area (Å²) >= 11 is 0. The first-order valence-corrected chi connectivity index (χ1v) is 9.38. The number of anilines is 1. The van der Waals surface area contributed by atoms with E-state index in [1.165, 1.54) is 13.5 Å². The molecule has 0 radical (unpaired) electrons. The van der Waals surface area contributed by atoms with Gasteiger partial charge in [0.1, 0.15) is 5.75 Å². The molecule has 1 aliphatic heterocycles. The number of carbonyl (C=O) groups excluding carboxylic acids is 2. The number of ether oxygens (including phenoxy) is 1. The zero-order chi connectivity index (χ0) is 19.4.